The lowest BCUT2D eigenvalue weighted by molar-refractivity contribution is -0.111. The van der Waals surface area contributed by atoms with Crippen molar-refractivity contribution in [2.45, 2.75) is 0 Å². The topological polar surface area (TPSA) is 59.8 Å². The van der Waals surface area contributed by atoms with Gasteiger partial charge in [0.15, 0.2) is 5.82 Å². The van der Waals surface area contributed by atoms with Gasteiger partial charge in [0.05, 0.1) is 5.69 Å². The normalized spacial score (nSPS) is 10.8. The number of carbonyl (C=O) groups is 1. The summed E-state index contributed by atoms with van der Waals surface area (Å²) < 4.78 is 1.81. The fourth-order valence-electron chi connectivity index (χ4n) is 2.22. The van der Waals surface area contributed by atoms with Gasteiger partial charge in [0.2, 0.25) is 5.91 Å². The molecule has 0 atom stereocenters. The van der Waals surface area contributed by atoms with Crippen molar-refractivity contribution < 1.29 is 4.79 Å². The average Bonchev–Trinajstić information content (AvgIpc) is 3.00. The van der Waals surface area contributed by atoms with E-state index < -0.39 is 0 Å². The van der Waals surface area contributed by atoms with Crippen LogP contribution >= 0.6 is 0 Å². The molecule has 1 aromatic heterocycles. The lowest BCUT2D eigenvalue weighted by Crippen LogP contribution is -2.09. The molecule has 3 rings (SSSR count). The molecule has 0 fully saturated rings. The minimum atomic E-state index is -0.191. The van der Waals surface area contributed by atoms with E-state index in [4.69, 9.17) is 0 Å². The molecule has 0 aliphatic heterocycles. The Morgan fingerprint density at radius 2 is 1.83 bits per heavy atom. The fourth-order valence-corrected chi connectivity index (χ4v) is 2.22. The first-order valence-corrected chi connectivity index (χ1v) is 7.21. The number of hydrogen-bond acceptors (Lipinski definition) is 3. The van der Waals surface area contributed by atoms with E-state index in [1.807, 2.05) is 66.2 Å². The van der Waals surface area contributed by atoms with E-state index >= 15 is 0 Å². The third-order valence-corrected chi connectivity index (χ3v) is 3.36. The summed E-state index contributed by atoms with van der Waals surface area (Å²) in [6, 6.07) is 17.2. The van der Waals surface area contributed by atoms with Gasteiger partial charge in [-0.15, -0.1) is 10.2 Å². The van der Waals surface area contributed by atoms with Gasteiger partial charge in [-0.2, -0.15) is 0 Å². The van der Waals surface area contributed by atoms with E-state index in [1.165, 1.54) is 6.08 Å². The van der Waals surface area contributed by atoms with Crippen molar-refractivity contribution in [3.8, 4) is 11.4 Å². The van der Waals surface area contributed by atoms with E-state index in [0.717, 1.165) is 11.1 Å². The van der Waals surface area contributed by atoms with Crippen LogP contribution in [0.2, 0.25) is 0 Å². The summed E-state index contributed by atoms with van der Waals surface area (Å²) in [5.74, 6) is 0.511. The zero-order valence-electron chi connectivity index (χ0n) is 12.7. The Morgan fingerprint density at radius 3 is 2.57 bits per heavy atom. The summed E-state index contributed by atoms with van der Waals surface area (Å²) in [7, 11) is 1.86. The van der Waals surface area contributed by atoms with Crippen LogP contribution in [0.15, 0.2) is 67.0 Å². The van der Waals surface area contributed by atoms with E-state index in [9.17, 15) is 4.79 Å². The van der Waals surface area contributed by atoms with Crippen LogP contribution in [0.25, 0.3) is 17.5 Å². The number of hydrogen-bond donors (Lipinski definition) is 1. The van der Waals surface area contributed by atoms with Crippen LogP contribution in [0.4, 0.5) is 5.69 Å². The standard InChI is InChI=1S/C18H16N4O/c1-22-13-19-21-18(22)15-9-5-6-10-16(15)20-17(23)12-11-14-7-3-2-4-8-14/h2-13H,1H3,(H,20,23). The van der Waals surface area contributed by atoms with Crippen molar-refractivity contribution in [2.75, 3.05) is 5.32 Å². The molecule has 1 N–H and O–H groups in total. The summed E-state index contributed by atoms with van der Waals surface area (Å²) in [5.41, 5.74) is 2.50. The molecule has 1 heterocycles. The predicted octanol–water partition coefficient (Wildman–Crippen LogP) is 3.13. The van der Waals surface area contributed by atoms with Gasteiger partial charge in [-0.05, 0) is 23.8 Å². The van der Waals surface area contributed by atoms with Crippen molar-refractivity contribution in [3.63, 3.8) is 0 Å². The van der Waals surface area contributed by atoms with Crippen molar-refractivity contribution in [3.05, 3.63) is 72.6 Å². The van der Waals surface area contributed by atoms with Gasteiger partial charge in [-0.25, -0.2) is 0 Å². The third-order valence-electron chi connectivity index (χ3n) is 3.36. The highest BCUT2D eigenvalue weighted by molar-refractivity contribution is 6.03. The maximum Gasteiger partial charge on any atom is 0.248 e. The number of carbonyl (C=O) groups excluding carboxylic acids is 1. The summed E-state index contributed by atoms with van der Waals surface area (Å²) in [6.07, 6.45) is 4.92. The molecule has 3 aromatic rings. The van der Waals surface area contributed by atoms with Crippen molar-refractivity contribution in [1.29, 1.82) is 0 Å². The van der Waals surface area contributed by atoms with E-state index in [-0.39, 0.29) is 5.91 Å². The molecule has 0 spiro atoms. The summed E-state index contributed by atoms with van der Waals surface area (Å²) in [6.45, 7) is 0. The molecule has 114 valence electrons. The van der Waals surface area contributed by atoms with Gasteiger partial charge in [-0.3, -0.25) is 4.79 Å². The van der Waals surface area contributed by atoms with Crippen LogP contribution in [0.3, 0.4) is 0 Å². The van der Waals surface area contributed by atoms with Crippen molar-refractivity contribution in [1.82, 2.24) is 14.8 Å². The average molecular weight is 304 g/mol. The second-order valence-electron chi connectivity index (χ2n) is 5.04. The molecular formula is C18H16N4O. The SMILES string of the molecule is Cn1cnnc1-c1ccccc1NC(=O)C=Cc1ccccc1. The molecule has 5 heteroatoms. The highest BCUT2D eigenvalue weighted by atomic mass is 16.1. The molecule has 0 radical (unpaired) electrons. The van der Waals surface area contributed by atoms with Crippen LogP contribution in [0.1, 0.15) is 5.56 Å². The van der Waals surface area contributed by atoms with Crippen molar-refractivity contribution in [2.24, 2.45) is 7.05 Å². The number of para-hydroxylation sites is 1. The fraction of sp³-hybridized carbons (Fsp3) is 0.0556. The first-order chi connectivity index (χ1) is 11.2. The minimum absolute atomic E-state index is 0.191. The third kappa shape index (κ3) is 3.52. The number of anilines is 1. The number of aromatic nitrogens is 3. The summed E-state index contributed by atoms with van der Waals surface area (Å²) in [4.78, 5) is 12.2. The van der Waals surface area contributed by atoms with E-state index in [1.54, 1.807) is 12.4 Å². The monoisotopic (exact) mass is 304 g/mol. The zero-order valence-corrected chi connectivity index (χ0v) is 12.7. The molecule has 0 saturated heterocycles. The molecule has 1 amide bonds. The lowest BCUT2D eigenvalue weighted by atomic mass is 10.1. The number of nitrogens with zero attached hydrogens (tertiary/aromatic N) is 3. The maximum absolute atomic E-state index is 12.2. The molecular weight excluding hydrogens is 288 g/mol. The molecule has 5 nitrogen and oxygen atoms in total. The quantitative estimate of drug-likeness (QED) is 0.753. The first kappa shape index (κ1) is 14.7. The van der Waals surface area contributed by atoms with Gasteiger partial charge >= 0.3 is 0 Å². The Kier molecular flexibility index (Phi) is 4.29. The van der Waals surface area contributed by atoms with Gasteiger partial charge in [0.1, 0.15) is 6.33 Å². The van der Waals surface area contributed by atoms with E-state index in [2.05, 4.69) is 15.5 Å². The highest BCUT2D eigenvalue weighted by Gasteiger charge is 2.10. The largest absolute Gasteiger partial charge is 0.322 e. The van der Waals surface area contributed by atoms with Crippen LogP contribution in [0, 0.1) is 0 Å². The summed E-state index contributed by atoms with van der Waals surface area (Å²) in [5, 5.41) is 10.9. The van der Waals surface area contributed by atoms with Gasteiger partial charge in [-0.1, -0.05) is 42.5 Å². The number of amides is 1. The summed E-state index contributed by atoms with van der Waals surface area (Å²) >= 11 is 0. The second-order valence-corrected chi connectivity index (χ2v) is 5.04. The molecule has 0 bridgehead atoms. The molecule has 0 aliphatic carbocycles. The Balaban J connectivity index is 1.80. The van der Waals surface area contributed by atoms with Gasteiger partial charge in [0.25, 0.3) is 0 Å². The van der Waals surface area contributed by atoms with E-state index in [0.29, 0.717) is 11.5 Å². The Hall–Kier alpha value is -3.21. The number of rotatable bonds is 4. The predicted molar refractivity (Wildman–Crippen MR) is 90.5 cm³/mol. The van der Waals surface area contributed by atoms with Crippen LogP contribution in [0.5, 0.6) is 0 Å². The Bertz CT molecular complexity index is 837. The Morgan fingerprint density at radius 1 is 1.09 bits per heavy atom. The molecule has 2 aromatic carbocycles. The minimum Gasteiger partial charge on any atom is -0.322 e. The van der Waals surface area contributed by atoms with Gasteiger partial charge in [0, 0.05) is 18.7 Å². The van der Waals surface area contributed by atoms with Crippen LogP contribution < -0.4 is 5.32 Å². The smallest absolute Gasteiger partial charge is 0.248 e. The Labute approximate surface area is 134 Å². The molecule has 23 heavy (non-hydrogen) atoms. The second kappa shape index (κ2) is 6.70. The molecule has 0 unspecified atom stereocenters. The number of aryl methyl sites for hydroxylation is 1. The van der Waals surface area contributed by atoms with Crippen LogP contribution in [-0.4, -0.2) is 20.7 Å². The maximum atomic E-state index is 12.2. The van der Waals surface area contributed by atoms with Crippen molar-refractivity contribution >= 4 is 17.7 Å². The van der Waals surface area contributed by atoms with Gasteiger partial charge < -0.3 is 9.88 Å². The first-order valence-electron chi connectivity index (χ1n) is 7.21. The zero-order chi connectivity index (χ0) is 16.1. The lowest BCUT2D eigenvalue weighted by Gasteiger charge is -2.09. The number of benzene rings is 2. The van der Waals surface area contributed by atoms with Crippen LogP contribution in [-0.2, 0) is 11.8 Å². The highest BCUT2D eigenvalue weighted by Crippen LogP contribution is 2.25. The number of nitrogens with one attached hydrogen (secondary N) is 1. The molecule has 0 aliphatic rings. The molecule has 0 saturated carbocycles.